The molecular formula is C11H14FNO2. The number of aliphatic hydroxyl groups is 1. The Kier molecular flexibility index (Phi) is 2.63. The van der Waals surface area contributed by atoms with Gasteiger partial charge < -0.3 is 15.9 Å². The third-order valence-corrected chi connectivity index (χ3v) is 2.83. The molecule has 1 aromatic carbocycles. The number of hydrogen-bond donors (Lipinski definition) is 3. The van der Waals surface area contributed by atoms with Crippen LogP contribution < -0.4 is 5.73 Å². The van der Waals surface area contributed by atoms with E-state index in [0.29, 0.717) is 5.56 Å². The van der Waals surface area contributed by atoms with Crippen LogP contribution in [0.1, 0.15) is 24.4 Å². The first-order valence-electron chi connectivity index (χ1n) is 5.01. The average Bonchev–Trinajstić information content (AvgIpc) is 3.03. The number of hydrogen-bond acceptors (Lipinski definition) is 3. The van der Waals surface area contributed by atoms with Crippen LogP contribution in [0.5, 0.6) is 5.75 Å². The summed E-state index contributed by atoms with van der Waals surface area (Å²) in [5.74, 6) is -0.852. The van der Waals surface area contributed by atoms with E-state index in [1.165, 1.54) is 18.2 Å². The molecule has 1 aliphatic rings. The minimum absolute atomic E-state index is 0.247. The summed E-state index contributed by atoms with van der Waals surface area (Å²) in [5.41, 5.74) is 6.32. The van der Waals surface area contributed by atoms with Crippen LogP contribution in [-0.4, -0.2) is 16.3 Å². The highest BCUT2D eigenvalue weighted by Gasteiger charge is 2.34. The predicted octanol–water partition coefficient (Wildman–Crippen LogP) is 1.30. The van der Waals surface area contributed by atoms with Gasteiger partial charge in [0, 0.05) is 0 Å². The number of nitrogens with two attached hydrogens (primary N) is 1. The first-order chi connectivity index (χ1) is 7.09. The quantitative estimate of drug-likeness (QED) is 0.706. The van der Waals surface area contributed by atoms with E-state index in [0.717, 1.165) is 12.8 Å². The molecule has 1 aliphatic carbocycles. The van der Waals surface area contributed by atoms with E-state index >= 15 is 0 Å². The van der Waals surface area contributed by atoms with Gasteiger partial charge in [0.15, 0.2) is 11.6 Å². The van der Waals surface area contributed by atoms with Gasteiger partial charge in [-0.15, -0.1) is 0 Å². The topological polar surface area (TPSA) is 66.5 Å². The zero-order valence-corrected chi connectivity index (χ0v) is 8.23. The molecule has 4 heteroatoms. The first kappa shape index (κ1) is 10.4. The normalized spacial score (nSPS) is 19.9. The number of phenols is 1. The molecular weight excluding hydrogens is 197 g/mol. The number of aromatic hydroxyl groups is 1. The van der Waals surface area contributed by atoms with Crippen molar-refractivity contribution in [2.45, 2.75) is 25.0 Å². The van der Waals surface area contributed by atoms with E-state index < -0.39 is 23.7 Å². The lowest BCUT2D eigenvalue weighted by molar-refractivity contribution is 0.122. The fourth-order valence-corrected chi connectivity index (χ4v) is 1.66. The molecule has 0 bridgehead atoms. The Morgan fingerprint density at radius 2 is 2.07 bits per heavy atom. The summed E-state index contributed by atoms with van der Waals surface area (Å²) in [4.78, 5) is 0. The second-order valence-corrected chi connectivity index (χ2v) is 4.06. The molecule has 4 N–H and O–H groups in total. The predicted molar refractivity (Wildman–Crippen MR) is 53.7 cm³/mol. The SMILES string of the molecule is N[C@H](c1ccc(O)c(F)c1)[C@@H](O)C1CC1. The van der Waals surface area contributed by atoms with Crippen LogP contribution in [0.4, 0.5) is 4.39 Å². The first-order valence-corrected chi connectivity index (χ1v) is 5.01. The maximum absolute atomic E-state index is 13.0. The van der Waals surface area contributed by atoms with Crippen molar-refractivity contribution in [1.82, 2.24) is 0 Å². The summed E-state index contributed by atoms with van der Waals surface area (Å²) in [6.45, 7) is 0. The van der Waals surface area contributed by atoms with Gasteiger partial charge in [0.25, 0.3) is 0 Å². The number of rotatable bonds is 3. The van der Waals surface area contributed by atoms with E-state index in [4.69, 9.17) is 10.8 Å². The smallest absolute Gasteiger partial charge is 0.165 e. The van der Waals surface area contributed by atoms with Crippen LogP contribution in [0, 0.1) is 11.7 Å². The molecule has 0 spiro atoms. The van der Waals surface area contributed by atoms with E-state index in [9.17, 15) is 9.50 Å². The van der Waals surface area contributed by atoms with Gasteiger partial charge in [-0.05, 0) is 36.5 Å². The van der Waals surface area contributed by atoms with Crippen molar-refractivity contribution in [3.8, 4) is 5.75 Å². The van der Waals surface area contributed by atoms with Gasteiger partial charge in [0.05, 0.1) is 12.1 Å². The van der Waals surface area contributed by atoms with Crippen molar-refractivity contribution < 1.29 is 14.6 Å². The maximum Gasteiger partial charge on any atom is 0.165 e. The van der Waals surface area contributed by atoms with Crippen molar-refractivity contribution >= 4 is 0 Å². The van der Waals surface area contributed by atoms with E-state index in [1.54, 1.807) is 0 Å². The monoisotopic (exact) mass is 211 g/mol. The lowest BCUT2D eigenvalue weighted by Crippen LogP contribution is -2.27. The largest absolute Gasteiger partial charge is 0.505 e. The second-order valence-electron chi connectivity index (χ2n) is 4.06. The van der Waals surface area contributed by atoms with Gasteiger partial charge in [0.2, 0.25) is 0 Å². The summed E-state index contributed by atoms with van der Waals surface area (Å²) in [7, 11) is 0. The Bertz CT molecular complexity index is 366. The molecule has 0 aromatic heterocycles. The van der Waals surface area contributed by atoms with Gasteiger partial charge in [0.1, 0.15) is 0 Å². The van der Waals surface area contributed by atoms with Crippen LogP contribution in [-0.2, 0) is 0 Å². The Labute approximate surface area is 87.3 Å². The molecule has 2 atom stereocenters. The molecule has 3 nitrogen and oxygen atoms in total. The third-order valence-electron chi connectivity index (χ3n) is 2.83. The van der Waals surface area contributed by atoms with Crippen molar-refractivity contribution in [3.05, 3.63) is 29.6 Å². The Balaban J connectivity index is 2.17. The molecule has 1 saturated carbocycles. The number of halogens is 1. The third kappa shape index (κ3) is 2.11. The minimum Gasteiger partial charge on any atom is -0.505 e. The van der Waals surface area contributed by atoms with Crippen molar-refractivity contribution in [2.75, 3.05) is 0 Å². The zero-order chi connectivity index (χ0) is 11.0. The van der Waals surface area contributed by atoms with Crippen molar-refractivity contribution in [2.24, 2.45) is 11.7 Å². The molecule has 0 heterocycles. The molecule has 0 amide bonds. The van der Waals surface area contributed by atoms with Crippen LogP contribution >= 0.6 is 0 Å². The lowest BCUT2D eigenvalue weighted by atomic mass is 9.99. The Morgan fingerprint density at radius 1 is 1.40 bits per heavy atom. The van der Waals surface area contributed by atoms with Crippen LogP contribution in [0.25, 0.3) is 0 Å². The highest BCUT2D eigenvalue weighted by molar-refractivity contribution is 5.30. The molecule has 15 heavy (non-hydrogen) atoms. The Hall–Kier alpha value is -1.13. The summed E-state index contributed by atoms with van der Waals surface area (Å²) in [5, 5.41) is 18.8. The summed E-state index contributed by atoms with van der Waals surface area (Å²) < 4.78 is 13.0. The molecule has 0 saturated heterocycles. The molecule has 82 valence electrons. The van der Waals surface area contributed by atoms with Crippen LogP contribution in [0.3, 0.4) is 0 Å². The number of phenolic OH excluding ortho intramolecular Hbond substituents is 1. The van der Waals surface area contributed by atoms with Gasteiger partial charge >= 0.3 is 0 Å². The number of benzene rings is 1. The average molecular weight is 211 g/mol. The van der Waals surface area contributed by atoms with Crippen molar-refractivity contribution in [1.29, 1.82) is 0 Å². The van der Waals surface area contributed by atoms with Gasteiger partial charge in [-0.25, -0.2) is 4.39 Å². The summed E-state index contributed by atoms with van der Waals surface area (Å²) in [6.07, 6.45) is 1.35. The number of aliphatic hydroxyl groups excluding tert-OH is 1. The highest BCUT2D eigenvalue weighted by Crippen LogP contribution is 2.37. The van der Waals surface area contributed by atoms with Gasteiger partial charge in [-0.2, -0.15) is 0 Å². The summed E-state index contributed by atoms with van der Waals surface area (Å²) >= 11 is 0. The van der Waals surface area contributed by atoms with Gasteiger partial charge in [-0.3, -0.25) is 0 Å². The van der Waals surface area contributed by atoms with E-state index in [-0.39, 0.29) is 5.92 Å². The molecule has 2 rings (SSSR count). The fraction of sp³-hybridized carbons (Fsp3) is 0.455. The molecule has 0 unspecified atom stereocenters. The molecule has 1 fully saturated rings. The fourth-order valence-electron chi connectivity index (χ4n) is 1.66. The van der Waals surface area contributed by atoms with E-state index in [1.807, 2.05) is 0 Å². The standard InChI is InChI=1S/C11H14FNO2/c12-8-5-7(3-4-9(8)14)10(13)11(15)6-1-2-6/h3-6,10-11,14-15H,1-2,13H2/t10-,11+/m1/s1. The molecule has 0 radical (unpaired) electrons. The van der Waals surface area contributed by atoms with Crippen LogP contribution in [0.2, 0.25) is 0 Å². The lowest BCUT2D eigenvalue weighted by Gasteiger charge is -2.18. The maximum atomic E-state index is 13.0. The molecule has 0 aliphatic heterocycles. The summed E-state index contributed by atoms with van der Waals surface area (Å²) in [6, 6.07) is 3.39. The van der Waals surface area contributed by atoms with Crippen molar-refractivity contribution in [3.63, 3.8) is 0 Å². The van der Waals surface area contributed by atoms with E-state index in [2.05, 4.69) is 0 Å². The van der Waals surface area contributed by atoms with Gasteiger partial charge in [-0.1, -0.05) is 6.07 Å². The Morgan fingerprint density at radius 3 is 2.60 bits per heavy atom. The molecule has 1 aromatic rings. The van der Waals surface area contributed by atoms with Crippen LogP contribution in [0.15, 0.2) is 18.2 Å². The highest BCUT2D eigenvalue weighted by atomic mass is 19.1. The zero-order valence-electron chi connectivity index (χ0n) is 8.23. The minimum atomic E-state index is -0.703. The second kappa shape index (κ2) is 3.79.